The molecule has 0 radical (unpaired) electrons. The first-order valence-corrected chi connectivity index (χ1v) is 12.6. The van der Waals surface area contributed by atoms with Gasteiger partial charge in [-0.1, -0.05) is 0 Å². The molecule has 2 aromatic heterocycles. The van der Waals surface area contributed by atoms with E-state index >= 15 is 0 Å². The zero-order chi connectivity index (χ0) is 24.2. The van der Waals surface area contributed by atoms with Crippen LogP contribution in [0.25, 0.3) is 0 Å². The Morgan fingerprint density at radius 2 is 1.97 bits per heavy atom. The maximum absolute atomic E-state index is 15.0. The minimum Gasteiger partial charge on any atom is -0.350 e. The van der Waals surface area contributed by atoms with Crippen molar-refractivity contribution in [3.63, 3.8) is 0 Å². The van der Waals surface area contributed by atoms with E-state index in [9.17, 15) is 13.6 Å². The van der Waals surface area contributed by atoms with Crippen molar-refractivity contribution >= 4 is 40.8 Å². The summed E-state index contributed by atoms with van der Waals surface area (Å²) in [4.78, 5) is 23.3. The average molecular weight is 502 g/mol. The number of rotatable bonds is 8. The van der Waals surface area contributed by atoms with Crippen LogP contribution >= 0.6 is 11.8 Å². The van der Waals surface area contributed by atoms with Gasteiger partial charge in [0, 0.05) is 32.3 Å². The molecular formula is C24H29F2N7OS. The molecular weight excluding hydrogens is 472 g/mol. The van der Waals surface area contributed by atoms with Crippen LogP contribution in [-0.4, -0.2) is 44.8 Å². The molecule has 1 aromatic carbocycles. The Morgan fingerprint density at radius 1 is 1.17 bits per heavy atom. The number of amides is 1. The summed E-state index contributed by atoms with van der Waals surface area (Å²) in [5, 5.41) is 13.3. The normalized spacial score (nSPS) is 18.8. The summed E-state index contributed by atoms with van der Waals surface area (Å²) >= 11 is 1.08. The molecule has 8 nitrogen and oxygen atoms in total. The predicted octanol–water partition coefficient (Wildman–Crippen LogP) is 5.32. The molecule has 3 aromatic rings. The van der Waals surface area contributed by atoms with Gasteiger partial charge in [-0.2, -0.15) is 5.10 Å². The standard InChI is InChI=1S/C24H25F2N7OS.2H2/c1-13-8-20(32-31-13)28-19-10-21(33-11-24(26,12-33)15-4-5-15)30-23(29-19)35-18-7-6-16(9-17(18)25)27-22(34)14-2-3-14;;/h6-10,14-15H,2-5,11-12H2,1H3,(H,27,34)(H2,28,29,30,31,32);2*1H. The third-order valence-corrected chi connectivity index (χ3v) is 7.46. The maximum atomic E-state index is 15.0. The van der Waals surface area contributed by atoms with E-state index in [2.05, 4.69) is 30.8 Å². The lowest BCUT2D eigenvalue weighted by Crippen LogP contribution is -2.60. The first kappa shape index (κ1) is 22.3. The number of nitrogens with zero attached hydrogens (tertiary/aromatic N) is 4. The average Bonchev–Trinajstić information content (AvgIpc) is 3.71. The van der Waals surface area contributed by atoms with Crippen molar-refractivity contribution in [3.8, 4) is 0 Å². The molecule has 35 heavy (non-hydrogen) atoms. The Balaban J connectivity index is 0.00000160. The number of alkyl halides is 1. The minimum absolute atomic E-state index is 0. The number of aryl methyl sites for hydroxylation is 1. The van der Waals surface area contributed by atoms with E-state index < -0.39 is 11.5 Å². The number of anilines is 4. The molecule has 1 amide bonds. The maximum Gasteiger partial charge on any atom is 0.227 e. The van der Waals surface area contributed by atoms with Gasteiger partial charge in [-0.15, -0.1) is 0 Å². The zero-order valence-electron chi connectivity index (χ0n) is 19.1. The molecule has 186 valence electrons. The van der Waals surface area contributed by atoms with Gasteiger partial charge in [-0.3, -0.25) is 9.89 Å². The first-order chi connectivity index (χ1) is 16.8. The Morgan fingerprint density at radius 3 is 2.63 bits per heavy atom. The predicted molar refractivity (Wildman–Crippen MR) is 134 cm³/mol. The highest BCUT2D eigenvalue weighted by Gasteiger charge is 2.54. The van der Waals surface area contributed by atoms with Crippen LogP contribution in [0.4, 0.5) is 31.9 Å². The lowest BCUT2D eigenvalue weighted by molar-refractivity contribution is -0.117. The highest BCUT2D eigenvalue weighted by Crippen LogP contribution is 2.48. The third-order valence-electron chi connectivity index (χ3n) is 6.54. The molecule has 3 fully saturated rings. The highest BCUT2D eigenvalue weighted by atomic mass is 32.2. The third kappa shape index (κ3) is 4.82. The lowest BCUT2D eigenvalue weighted by Gasteiger charge is -2.45. The molecule has 0 bridgehead atoms. The molecule has 0 spiro atoms. The fourth-order valence-corrected chi connectivity index (χ4v) is 5.03. The van der Waals surface area contributed by atoms with Crippen LogP contribution in [0, 0.1) is 24.6 Å². The van der Waals surface area contributed by atoms with E-state index in [1.807, 2.05) is 17.9 Å². The molecule has 1 saturated heterocycles. The largest absolute Gasteiger partial charge is 0.350 e. The highest BCUT2D eigenvalue weighted by molar-refractivity contribution is 7.99. The van der Waals surface area contributed by atoms with Gasteiger partial charge in [-0.05, 0) is 68.5 Å². The number of halogens is 2. The minimum atomic E-state index is -1.15. The van der Waals surface area contributed by atoms with Crippen LogP contribution in [0.2, 0.25) is 0 Å². The SMILES string of the molecule is Cc1cc(Nc2cc(N3CC(F)(C4CC4)C3)nc(Sc3ccc(NC(=O)C4CC4)cc3F)n2)n[nH]1.[HH].[HH]. The summed E-state index contributed by atoms with van der Waals surface area (Å²) in [6.07, 6.45) is 3.64. The molecule has 6 rings (SSSR count). The number of benzene rings is 1. The number of carbonyl (C=O) groups is 1. The van der Waals surface area contributed by atoms with E-state index in [-0.39, 0.29) is 20.6 Å². The van der Waals surface area contributed by atoms with Crippen molar-refractivity contribution in [1.82, 2.24) is 20.2 Å². The first-order valence-electron chi connectivity index (χ1n) is 11.7. The summed E-state index contributed by atoms with van der Waals surface area (Å²) in [5.74, 6) is 1.29. The van der Waals surface area contributed by atoms with Crippen LogP contribution < -0.4 is 15.5 Å². The van der Waals surface area contributed by atoms with E-state index in [0.717, 1.165) is 43.1 Å². The quantitative estimate of drug-likeness (QED) is 0.359. The van der Waals surface area contributed by atoms with E-state index in [4.69, 9.17) is 0 Å². The number of aromatic amines is 1. The number of aromatic nitrogens is 4. The van der Waals surface area contributed by atoms with Gasteiger partial charge in [0.25, 0.3) is 0 Å². The van der Waals surface area contributed by atoms with Crippen LogP contribution in [0.15, 0.2) is 40.4 Å². The molecule has 11 heteroatoms. The molecule has 0 unspecified atom stereocenters. The smallest absolute Gasteiger partial charge is 0.227 e. The second-order valence-electron chi connectivity index (χ2n) is 9.63. The van der Waals surface area contributed by atoms with Gasteiger partial charge in [0.1, 0.15) is 23.1 Å². The Labute approximate surface area is 208 Å². The van der Waals surface area contributed by atoms with Gasteiger partial charge in [-0.25, -0.2) is 18.7 Å². The van der Waals surface area contributed by atoms with E-state index in [0.29, 0.717) is 46.3 Å². The monoisotopic (exact) mass is 501 g/mol. The number of hydrogen-bond acceptors (Lipinski definition) is 7. The topological polar surface area (TPSA) is 98.8 Å². The number of hydrogen-bond donors (Lipinski definition) is 3. The number of H-pyrrole nitrogens is 1. The molecule has 2 saturated carbocycles. The molecule has 3 N–H and O–H groups in total. The van der Waals surface area contributed by atoms with Crippen LogP contribution in [0.5, 0.6) is 0 Å². The summed E-state index contributed by atoms with van der Waals surface area (Å²) in [5.41, 5.74) is 0.161. The summed E-state index contributed by atoms with van der Waals surface area (Å²) in [6.45, 7) is 2.48. The van der Waals surface area contributed by atoms with Crippen LogP contribution in [0.3, 0.4) is 0 Å². The summed E-state index contributed by atoms with van der Waals surface area (Å²) < 4.78 is 29.8. The van der Waals surface area contributed by atoms with E-state index in [1.54, 1.807) is 18.2 Å². The van der Waals surface area contributed by atoms with Crippen molar-refractivity contribution in [1.29, 1.82) is 0 Å². The second kappa shape index (κ2) is 8.47. The van der Waals surface area contributed by atoms with Crippen molar-refractivity contribution < 1.29 is 16.4 Å². The zero-order valence-corrected chi connectivity index (χ0v) is 20.0. The van der Waals surface area contributed by atoms with Crippen molar-refractivity contribution in [2.45, 2.75) is 48.3 Å². The van der Waals surface area contributed by atoms with E-state index in [1.165, 1.54) is 6.07 Å². The van der Waals surface area contributed by atoms with Crippen molar-refractivity contribution in [2.75, 3.05) is 28.6 Å². The van der Waals surface area contributed by atoms with Gasteiger partial charge in [0.15, 0.2) is 11.0 Å². The van der Waals surface area contributed by atoms with Crippen molar-refractivity contribution in [2.24, 2.45) is 11.8 Å². The molecule has 0 atom stereocenters. The number of nitrogens with one attached hydrogen (secondary N) is 3. The fraction of sp³-hybridized carbons (Fsp3) is 0.417. The van der Waals surface area contributed by atoms with Crippen molar-refractivity contribution in [3.05, 3.63) is 41.8 Å². The van der Waals surface area contributed by atoms with Gasteiger partial charge < -0.3 is 15.5 Å². The fourth-order valence-electron chi connectivity index (χ4n) is 4.26. The van der Waals surface area contributed by atoms with Crippen LogP contribution in [0.1, 0.15) is 34.2 Å². The summed E-state index contributed by atoms with van der Waals surface area (Å²) in [6, 6.07) is 8.18. The molecule has 2 aliphatic carbocycles. The molecule has 3 aliphatic rings. The van der Waals surface area contributed by atoms with Crippen LogP contribution in [-0.2, 0) is 4.79 Å². The Kier molecular flexibility index (Phi) is 5.39. The second-order valence-corrected chi connectivity index (χ2v) is 10.6. The summed E-state index contributed by atoms with van der Waals surface area (Å²) in [7, 11) is 0. The van der Waals surface area contributed by atoms with Gasteiger partial charge >= 0.3 is 0 Å². The van der Waals surface area contributed by atoms with Gasteiger partial charge in [0.05, 0.1) is 18.0 Å². The lowest BCUT2D eigenvalue weighted by atomic mass is 9.91. The van der Waals surface area contributed by atoms with Gasteiger partial charge in [0.2, 0.25) is 5.91 Å². The Bertz CT molecular complexity index is 1300. The molecule has 3 heterocycles. The molecule has 1 aliphatic heterocycles. The Hall–Kier alpha value is -3.21. The number of carbonyl (C=O) groups excluding carboxylic acids is 1.